The second-order valence-electron chi connectivity index (χ2n) is 6.23. The largest absolute Gasteiger partial charge is 0.497 e. The van der Waals surface area contributed by atoms with Crippen LogP contribution in [-0.4, -0.2) is 34.4 Å². The maximum Gasteiger partial charge on any atom is 0.277 e. The molecule has 0 aliphatic carbocycles. The molecule has 0 atom stereocenters. The zero-order valence-corrected chi connectivity index (χ0v) is 16.9. The second kappa shape index (κ2) is 7.32. The Kier molecular flexibility index (Phi) is 4.88. The van der Waals surface area contributed by atoms with Gasteiger partial charge in [0.1, 0.15) is 11.4 Å². The van der Waals surface area contributed by atoms with Crippen LogP contribution in [0.2, 0.25) is 0 Å². The smallest absolute Gasteiger partial charge is 0.277 e. The molecular weight excluding hydrogens is 457 g/mol. The summed E-state index contributed by atoms with van der Waals surface area (Å²) in [5, 5.41) is 14.2. The van der Waals surface area contributed by atoms with E-state index in [-0.39, 0.29) is 12.5 Å². The van der Waals surface area contributed by atoms with Crippen molar-refractivity contribution in [1.29, 1.82) is 0 Å². The summed E-state index contributed by atoms with van der Waals surface area (Å²) in [7, 11) is 1.61. The van der Waals surface area contributed by atoms with Crippen LogP contribution in [0.1, 0.15) is 21.7 Å². The number of aliphatic hydroxyl groups is 1. The lowest BCUT2D eigenvalue weighted by Crippen LogP contribution is -2.38. The first kappa shape index (κ1) is 18.0. The Morgan fingerprint density at radius 3 is 2.41 bits per heavy atom. The van der Waals surface area contributed by atoms with Crippen molar-refractivity contribution in [3.8, 4) is 11.4 Å². The number of amides is 1. The van der Waals surface area contributed by atoms with Crippen LogP contribution >= 0.6 is 22.6 Å². The number of nitrogens with zero attached hydrogens (tertiary/aromatic N) is 3. The van der Waals surface area contributed by atoms with E-state index >= 15 is 0 Å². The summed E-state index contributed by atoms with van der Waals surface area (Å²) in [6.07, 6.45) is 0.652. The number of methoxy groups -OCH3 is 1. The number of aliphatic hydroxyl groups excluding tert-OH is 1. The van der Waals surface area contributed by atoms with E-state index in [4.69, 9.17) is 4.74 Å². The van der Waals surface area contributed by atoms with Gasteiger partial charge in [0, 0.05) is 21.4 Å². The van der Waals surface area contributed by atoms with Gasteiger partial charge in [-0.25, -0.2) is 4.68 Å². The van der Waals surface area contributed by atoms with Crippen LogP contribution in [0.3, 0.4) is 0 Å². The highest BCUT2D eigenvalue weighted by atomic mass is 127. The average molecular weight is 475 g/mol. The predicted octanol–water partition coefficient (Wildman–Crippen LogP) is 3.18. The maximum atomic E-state index is 13.3. The third-order valence-corrected chi connectivity index (χ3v) is 5.42. The van der Waals surface area contributed by atoms with Gasteiger partial charge in [-0.05, 0) is 77.5 Å². The van der Waals surface area contributed by atoms with E-state index in [1.165, 1.54) is 0 Å². The molecular formula is C20H18IN3O3. The predicted molar refractivity (Wildman–Crippen MR) is 111 cm³/mol. The van der Waals surface area contributed by atoms with Crippen LogP contribution in [0.15, 0.2) is 48.5 Å². The normalized spacial score (nSPS) is 13.6. The number of carbonyl (C=O) groups is 1. The number of aromatic nitrogens is 2. The number of hydrogen-bond donors (Lipinski definition) is 1. The first-order valence-electron chi connectivity index (χ1n) is 8.56. The fraction of sp³-hybridized carbons (Fsp3) is 0.200. The van der Waals surface area contributed by atoms with Gasteiger partial charge in [0.15, 0.2) is 0 Å². The number of halogens is 1. The van der Waals surface area contributed by atoms with Gasteiger partial charge in [0.25, 0.3) is 5.91 Å². The number of carbonyl (C=O) groups excluding carboxylic acids is 1. The van der Waals surface area contributed by atoms with E-state index in [0.29, 0.717) is 24.4 Å². The minimum Gasteiger partial charge on any atom is -0.497 e. The molecule has 1 aliphatic rings. The van der Waals surface area contributed by atoms with Gasteiger partial charge < -0.3 is 14.7 Å². The third-order valence-electron chi connectivity index (χ3n) is 4.70. The van der Waals surface area contributed by atoms with Crippen molar-refractivity contribution >= 4 is 34.2 Å². The van der Waals surface area contributed by atoms with E-state index in [1.54, 1.807) is 16.7 Å². The SMILES string of the molecule is COc1ccc(-n2nc(CO)c3c2C(=O)N(c2ccc(I)cc2)CC3)cc1. The van der Waals surface area contributed by atoms with Crippen molar-refractivity contribution in [3.05, 3.63) is 69.1 Å². The van der Waals surface area contributed by atoms with Crippen molar-refractivity contribution in [1.82, 2.24) is 9.78 Å². The molecule has 1 N–H and O–H groups in total. The van der Waals surface area contributed by atoms with Crippen LogP contribution in [0.25, 0.3) is 5.69 Å². The van der Waals surface area contributed by atoms with E-state index in [0.717, 1.165) is 26.3 Å². The minimum absolute atomic E-state index is 0.111. The van der Waals surface area contributed by atoms with Gasteiger partial charge in [0.2, 0.25) is 0 Å². The van der Waals surface area contributed by atoms with Gasteiger partial charge in [-0.3, -0.25) is 4.79 Å². The molecule has 4 rings (SSSR count). The summed E-state index contributed by atoms with van der Waals surface area (Å²) in [5.74, 6) is 0.620. The summed E-state index contributed by atoms with van der Waals surface area (Å²) in [5.41, 5.74) is 3.49. The summed E-state index contributed by atoms with van der Waals surface area (Å²) in [6, 6.07) is 15.2. The Hall–Kier alpha value is -2.39. The van der Waals surface area contributed by atoms with Gasteiger partial charge in [-0.1, -0.05) is 0 Å². The molecule has 3 aromatic rings. The fourth-order valence-corrected chi connectivity index (χ4v) is 3.70. The molecule has 27 heavy (non-hydrogen) atoms. The van der Waals surface area contributed by atoms with Gasteiger partial charge in [0.05, 0.1) is 25.1 Å². The van der Waals surface area contributed by atoms with E-state index in [2.05, 4.69) is 27.7 Å². The van der Waals surface area contributed by atoms with Crippen molar-refractivity contribution in [2.75, 3.05) is 18.6 Å². The van der Waals surface area contributed by atoms with Crippen LogP contribution in [0.4, 0.5) is 5.69 Å². The average Bonchev–Trinajstić information content (AvgIpc) is 3.09. The molecule has 1 aliphatic heterocycles. The molecule has 6 nitrogen and oxygen atoms in total. The van der Waals surface area contributed by atoms with E-state index in [1.807, 2.05) is 48.5 Å². The Labute approximate surface area is 170 Å². The molecule has 138 valence electrons. The first-order valence-corrected chi connectivity index (χ1v) is 9.63. The zero-order valence-electron chi connectivity index (χ0n) is 14.7. The molecule has 2 aromatic carbocycles. The van der Waals surface area contributed by atoms with Crippen molar-refractivity contribution in [2.24, 2.45) is 0 Å². The van der Waals surface area contributed by atoms with Crippen molar-refractivity contribution < 1.29 is 14.6 Å². The number of ether oxygens (including phenoxy) is 1. The minimum atomic E-state index is -0.192. The Morgan fingerprint density at radius 1 is 1.11 bits per heavy atom. The molecule has 0 unspecified atom stereocenters. The van der Waals surface area contributed by atoms with Crippen LogP contribution in [0.5, 0.6) is 5.75 Å². The Morgan fingerprint density at radius 2 is 1.78 bits per heavy atom. The molecule has 2 heterocycles. The fourth-order valence-electron chi connectivity index (χ4n) is 3.34. The third kappa shape index (κ3) is 3.21. The highest BCUT2D eigenvalue weighted by Crippen LogP contribution is 2.29. The van der Waals surface area contributed by atoms with E-state index in [9.17, 15) is 9.90 Å². The van der Waals surface area contributed by atoms with Crippen LogP contribution in [-0.2, 0) is 13.0 Å². The first-order chi connectivity index (χ1) is 13.1. The molecule has 7 heteroatoms. The second-order valence-corrected chi connectivity index (χ2v) is 7.47. The topological polar surface area (TPSA) is 67.6 Å². The Bertz CT molecular complexity index is 981. The molecule has 0 saturated heterocycles. The number of benzene rings is 2. The van der Waals surface area contributed by atoms with Crippen molar-refractivity contribution in [3.63, 3.8) is 0 Å². The lowest BCUT2D eigenvalue weighted by Gasteiger charge is -2.28. The Balaban J connectivity index is 1.79. The van der Waals surface area contributed by atoms with Crippen molar-refractivity contribution in [2.45, 2.75) is 13.0 Å². The van der Waals surface area contributed by atoms with Gasteiger partial charge >= 0.3 is 0 Å². The van der Waals surface area contributed by atoms with Crippen LogP contribution in [0, 0.1) is 3.57 Å². The molecule has 0 radical (unpaired) electrons. The number of anilines is 1. The monoisotopic (exact) mass is 475 g/mol. The molecule has 0 fully saturated rings. The summed E-state index contributed by atoms with van der Waals surface area (Å²) in [6.45, 7) is 0.371. The summed E-state index contributed by atoms with van der Waals surface area (Å²) < 4.78 is 7.95. The molecule has 0 bridgehead atoms. The van der Waals surface area contributed by atoms with E-state index < -0.39 is 0 Å². The highest BCUT2D eigenvalue weighted by molar-refractivity contribution is 14.1. The van der Waals surface area contributed by atoms with Gasteiger partial charge in [-0.15, -0.1) is 0 Å². The van der Waals surface area contributed by atoms with Gasteiger partial charge in [-0.2, -0.15) is 5.10 Å². The molecule has 1 aromatic heterocycles. The zero-order chi connectivity index (χ0) is 19.0. The summed E-state index contributed by atoms with van der Waals surface area (Å²) >= 11 is 2.24. The highest BCUT2D eigenvalue weighted by Gasteiger charge is 2.32. The molecule has 0 saturated carbocycles. The lowest BCUT2D eigenvalue weighted by atomic mass is 10.0. The van der Waals surface area contributed by atoms with Crippen LogP contribution < -0.4 is 9.64 Å². The quantitative estimate of drug-likeness (QED) is 0.589. The number of fused-ring (bicyclic) bond motifs is 1. The molecule has 1 amide bonds. The number of rotatable bonds is 4. The lowest BCUT2D eigenvalue weighted by molar-refractivity contribution is 0.0973. The summed E-state index contributed by atoms with van der Waals surface area (Å²) in [4.78, 5) is 15.1. The maximum absolute atomic E-state index is 13.3. The molecule has 0 spiro atoms. The standard InChI is InChI=1S/C20H18IN3O3/c1-27-16-8-6-15(7-9-16)24-19-17(18(12-25)22-24)10-11-23(20(19)26)14-4-2-13(21)3-5-14/h2-9,25H,10-12H2,1H3. The number of hydrogen-bond acceptors (Lipinski definition) is 4.